The van der Waals surface area contributed by atoms with Crippen molar-refractivity contribution < 1.29 is 4.39 Å². The molecule has 0 aliphatic heterocycles. The Morgan fingerprint density at radius 1 is 1.26 bits per heavy atom. The number of benzene rings is 1. The van der Waals surface area contributed by atoms with Crippen LogP contribution in [0.5, 0.6) is 0 Å². The van der Waals surface area contributed by atoms with Crippen LogP contribution in [0.3, 0.4) is 0 Å². The first kappa shape index (κ1) is 14.5. The maximum Gasteiger partial charge on any atom is 0.123 e. The molecular weight excluding hydrogens is 237 g/mol. The van der Waals surface area contributed by atoms with E-state index in [0.717, 1.165) is 18.0 Å². The fourth-order valence-corrected chi connectivity index (χ4v) is 3.32. The van der Waals surface area contributed by atoms with Crippen molar-refractivity contribution in [1.29, 1.82) is 0 Å². The third kappa shape index (κ3) is 3.56. The lowest BCUT2D eigenvalue weighted by Gasteiger charge is -2.34. The Morgan fingerprint density at radius 3 is 2.58 bits per heavy atom. The van der Waals surface area contributed by atoms with Crippen molar-refractivity contribution in [3.63, 3.8) is 0 Å². The summed E-state index contributed by atoms with van der Waals surface area (Å²) in [6, 6.07) is 5.50. The molecule has 0 amide bonds. The standard InChI is InChI=1S/C17H26FN/c1-4-19-17(14-8-5-12(2)6-9-14)16-11-15(18)10-7-13(16)3/h7,10-12,14,17,19H,4-6,8-9H2,1-3H3. The first-order valence-electron chi connectivity index (χ1n) is 7.61. The van der Waals surface area contributed by atoms with E-state index in [4.69, 9.17) is 0 Å². The Kier molecular flexibility index (Phi) is 4.98. The van der Waals surface area contributed by atoms with E-state index in [1.54, 1.807) is 12.1 Å². The molecule has 1 nitrogen and oxygen atoms in total. The van der Waals surface area contributed by atoms with Gasteiger partial charge in [-0.1, -0.05) is 32.8 Å². The van der Waals surface area contributed by atoms with Crippen molar-refractivity contribution >= 4 is 0 Å². The van der Waals surface area contributed by atoms with Gasteiger partial charge in [0.1, 0.15) is 5.82 Å². The molecular formula is C17H26FN. The normalized spacial score (nSPS) is 25.3. The van der Waals surface area contributed by atoms with Crippen LogP contribution in [0.15, 0.2) is 18.2 Å². The zero-order valence-corrected chi connectivity index (χ0v) is 12.4. The first-order valence-corrected chi connectivity index (χ1v) is 7.61. The maximum atomic E-state index is 13.5. The molecule has 1 fully saturated rings. The number of halogens is 1. The molecule has 0 radical (unpaired) electrons. The van der Waals surface area contributed by atoms with Crippen molar-refractivity contribution in [3.05, 3.63) is 35.1 Å². The summed E-state index contributed by atoms with van der Waals surface area (Å²) in [4.78, 5) is 0. The topological polar surface area (TPSA) is 12.0 Å². The van der Waals surface area contributed by atoms with Gasteiger partial charge in [-0.15, -0.1) is 0 Å². The van der Waals surface area contributed by atoms with Crippen LogP contribution in [0.2, 0.25) is 0 Å². The second-order valence-electron chi connectivity index (χ2n) is 6.06. The third-order valence-corrected chi connectivity index (χ3v) is 4.53. The van der Waals surface area contributed by atoms with Gasteiger partial charge in [-0.2, -0.15) is 0 Å². The van der Waals surface area contributed by atoms with Gasteiger partial charge in [0, 0.05) is 6.04 Å². The predicted molar refractivity (Wildman–Crippen MR) is 78.7 cm³/mol. The highest BCUT2D eigenvalue weighted by molar-refractivity contribution is 5.30. The van der Waals surface area contributed by atoms with Crippen LogP contribution in [-0.2, 0) is 0 Å². The van der Waals surface area contributed by atoms with Gasteiger partial charge in [-0.25, -0.2) is 4.39 Å². The van der Waals surface area contributed by atoms with Gasteiger partial charge in [-0.3, -0.25) is 0 Å². The average Bonchev–Trinajstić information content (AvgIpc) is 2.40. The zero-order chi connectivity index (χ0) is 13.8. The molecule has 0 aromatic heterocycles. The van der Waals surface area contributed by atoms with Gasteiger partial charge < -0.3 is 5.32 Å². The van der Waals surface area contributed by atoms with Gasteiger partial charge in [0.05, 0.1) is 0 Å². The molecule has 0 saturated heterocycles. The molecule has 0 heterocycles. The van der Waals surface area contributed by atoms with E-state index in [2.05, 4.69) is 26.1 Å². The van der Waals surface area contributed by atoms with Gasteiger partial charge in [0.15, 0.2) is 0 Å². The predicted octanol–water partition coefficient (Wildman–Crippen LogP) is 4.61. The van der Waals surface area contributed by atoms with Crippen LogP contribution in [-0.4, -0.2) is 6.54 Å². The quantitative estimate of drug-likeness (QED) is 0.836. The maximum absolute atomic E-state index is 13.5. The molecule has 1 N–H and O–H groups in total. The molecule has 0 bridgehead atoms. The third-order valence-electron chi connectivity index (χ3n) is 4.53. The number of hydrogen-bond donors (Lipinski definition) is 1. The second-order valence-corrected chi connectivity index (χ2v) is 6.06. The molecule has 1 unspecified atom stereocenters. The molecule has 1 saturated carbocycles. The van der Waals surface area contributed by atoms with E-state index in [0.29, 0.717) is 12.0 Å². The lowest BCUT2D eigenvalue weighted by atomic mass is 9.76. The van der Waals surface area contributed by atoms with E-state index in [1.807, 2.05) is 6.07 Å². The highest BCUT2D eigenvalue weighted by Gasteiger charge is 2.27. The smallest absolute Gasteiger partial charge is 0.123 e. The van der Waals surface area contributed by atoms with E-state index >= 15 is 0 Å². The number of nitrogens with one attached hydrogen (secondary N) is 1. The van der Waals surface area contributed by atoms with E-state index < -0.39 is 0 Å². The summed E-state index contributed by atoms with van der Waals surface area (Å²) in [6.07, 6.45) is 5.13. The molecule has 1 atom stereocenters. The molecule has 1 aromatic carbocycles. The highest BCUT2D eigenvalue weighted by atomic mass is 19.1. The zero-order valence-electron chi connectivity index (χ0n) is 12.4. The molecule has 19 heavy (non-hydrogen) atoms. The fourth-order valence-electron chi connectivity index (χ4n) is 3.32. The summed E-state index contributed by atoms with van der Waals surface area (Å²) in [5, 5.41) is 3.58. The van der Waals surface area contributed by atoms with E-state index in [-0.39, 0.29) is 5.82 Å². The van der Waals surface area contributed by atoms with Crippen LogP contribution in [0.4, 0.5) is 4.39 Å². The van der Waals surface area contributed by atoms with Gasteiger partial charge >= 0.3 is 0 Å². The monoisotopic (exact) mass is 263 g/mol. The summed E-state index contributed by atoms with van der Waals surface area (Å²) >= 11 is 0. The summed E-state index contributed by atoms with van der Waals surface area (Å²) in [5.41, 5.74) is 2.35. The molecule has 1 aromatic rings. The average molecular weight is 263 g/mol. The largest absolute Gasteiger partial charge is 0.310 e. The van der Waals surface area contributed by atoms with Crippen molar-refractivity contribution in [2.75, 3.05) is 6.54 Å². The highest BCUT2D eigenvalue weighted by Crippen LogP contribution is 2.37. The summed E-state index contributed by atoms with van der Waals surface area (Å²) in [6.45, 7) is 7.50. The van der Waals surface area contributed by atoms with Crippen LogP contribution >= 0.6 is 0 Å². The SMILES string of the molecule is CCNC(c1cc(F)ccc1C)C1CCC(C)CC1. The lowest BCUT2D eigenvalue weighted by molar-refractivity contribution is 0.232. The molecule has 2 rings (SSSR count). The minimum absolute atomic E-state index is 0.118. The summed E-state index contributed by atoms with van der Waals surface area (Å²) in [7, 11) is 0. The van der Waals surface area contributed by atoms with Gasteiger partial charge in [0.2, 0.25) is 0 Å². The van der Waals surface area contributed by atoms with Gasteiger partial charge in [0.25, 0.3) is 0 Å². The minimum Gasteiger partial charge on any atom is -0.310 e. The van der Waals surface area contributed by atoms with Gasteiger partial charge in [-0.05, 0) is 61.4 Å². The Labute approximate surface area is 116 Å². The van der Waals surface area contributed by atoms with Crippen LogP contribution in [0.1, 0.15) is 56.7 Å². The van der Waals surface area contributed by atoms with E-state index in [9.17, 15) is 4.39 Å². The Bertz CT molecular complexity index is 408. The number of rotatable bonds is 4. The molecule has 0 spiro atoms. The van der Waals surface area contributed by atoms with Crippen molar-refractivity contribution in [1.82, 2.24) is 5.32 Å². The number of aryl methyl sites for hydroxylation is 1. The number of hydrogen-bond acceptors (Lipinski definition) is 1. The summed E-state index contributed by atoms with van der Waals surface area (Å²) < 4.78 is 13.5. The first-order chi connectivity index (χ1) is 9.11. The lowest BCUT2D eigenvalue weighted by Crippen LogP contribution is -2.31. The molecule has 2 heteroatoms. The Hall–Kier alpha value is -0.890. The fraction of sp³-hybridized carbons (Fsp3) is 0.647. The minimum atomic E-state index is -0.118. The molecule has 1 aliphatic rings. The molecule has 106 valence electrons. The van der Waals surface area contributed by atoms with Crippen molar-refractivity contribution in [2.45, 2.75) is 52.5 Å². The Balaban J connectivity index is 2.21. The van der Waals surface area contributed by atoms with Crippen LogP contribution < -0.4 is 5.32 Å². The van der Waals surface area contributed by atoms with Crippen molar-refractivity contribution in [3.8, 4) is 0 Å². The molecule has 1 aliphatic carbocycles. The van der Waals surface area contributed by atoms with Crippen LogP contribution in [0, 0.1) is 24.6 Å². The Morgan fingerprint density at radius 2 is 1.95 bits per heavy atom. The second kappa shape index (κ2) is 6.51. The van der Waals surface area contributed by atoms with Crippen LogP contribution in [0.25, 0.3) is 0 Å². The summed E-state index contributed by atoms with van der Waals surface area (Å²) in [5.74, 6) is 1.39. The van der Waals surface area contributed by atoms with E-state index in [1.165, 1.54) is 31.2 Å². The van der Waals surface area contributed by atoms with Crippen molar-refractivity contribution in [2.24, 2.45) is 11.8 Å².